The van der Waals surface area contributed by atoms with Crippen LogP contribution in [0.3, 0.4) is 0 Å². The Balaban J connectivity index is 2.60. The summed E-state index contributed by atoms with van der Waals surface area (Å²) >= 11 is 0. The quantitative estimate of drug-likeness (QED) is 0.795. The third-order valence-electron chi connectivity index (χ3n) is 2.36. The fourth-order valence-corrected chi connectivity index (χ4v) is 1.24. The fraction of sp³-hybridized carbons (Fsp3) is 0.429. The molecule has 0 fully saturated rings. The highest BCUT2D eigenvalue weighted by Crippen LogP contribution is 2.14. The van der Waals surface area contributed by atoms with E-state index in [0.717, 1.165) is 0 Å². The maximum Gasteiger partial charge on any atom is 0.338 e. The first-order chi connectivity index (χ1) is 8.90. The molecule has 0 bridgehead atoms. The van der Waals surface area contributed by atoms with Crippen LogP contribution >= 0.6 is 0 Å². The van der Waals surface area contributed by atoms with Gasteiger partial charge in [0.1, 0.15) is 5.75 Å². The van der Waals surface area contributed by atoms with E-state index in [1.807, 2.05) is 0 Å². The highest BCUT2D eigenvalue weighted by molar-refractivity contribution is 5.92. The Labute approximate surface area is 112 Å². The maximum absolute atomic E-state index is 11.7. The monoisotopic (exact) mass is 265 g/mol. The lowest BCUT2D eigenvalue weighted by Gasteiger charge is -2.11. The first-order valence-corrected chi connectivity index (χ1v) is 6.13. The van der Waals surface area contributed by atoms with E-state index in [-0.39, 0.29) is 0 Å². The summed E-state index contributed by atoms with van der Waals surface area (Å²) in [5.41, 5.74) is 5.37. The number of rotatable bonds is 6. The molecule has 1 amide bonds. The molecule has 0 aliphatic rings. The Bertz CT molecular complexity index is 439. The maximum atomic E-state index is 11.7. The second kappa shape index (κ2) is 6.78. The van der Waals surface area contributed by atoms with Gasteiger partial charge in [-0.15, -0.1) is 0 Å². The predicted molar refractivity (Wildman–Crippen MR) is 70.8 cm³/mol. The molecule has 0 aromatic heterocycles. The van der Waals surface area contributed by atoms with Crippen LogP contribution in [0, 0.1) is 5.92 Å². The molecule has 5 heteroatoms. The van der Waals surface area contributed by atoms with Gasteiger partial charge < -0.3 is 15.2 Å². The van der Waals surface area contributed by atoms with E-state index in [9.17, 15) is 9.59 Å². The van der Waals surface area contributed by atoms with Crippen LogP contribution in [0.25, 0.3) is 0 Å². The van der Waals surface area contributed by atoms with Crippen LogP contribution in [0.4, 0.5) is 0 Å². The Morgan fingerprint density at radius 2 is 1.74 bits per heavy atom. The van der Waals surface area contributed by atoms with Crippen molar-refractivity contribution in [1.82, 2.24) is 0 Å². The van der Waals surface area contributed by atoms with Gasteiger partial charge in [0.05, 0.1) is 12.2 Å². The first-order valence-electron chi connectivity index (χ1n) is 6.13. The second-order valence-electron chi connectivity index (χ2n) is 4.68. The van der Waals surface area contributed by atoms with Crippen LogP contribution in [0.1, 0.15) is 31.1 Å². The normalized spacial score (nSPS) is 12.0. The Morgan fingerprint density at radius 3 is 2.21 bits per heavy atom. The van der Waals surface area contributed by atoms with Crippen LogP contribution in [0.15, 0.2) is 24.3 Å². The molecule has 104 valence electrons. The molecule has 1 aromatic rings. The number of ether oxygens (including phenoxy) is 2. The van der Waals surface area contributed by atoms with E-state index in [4.69, 9.17) is 15.2 Å². The standard InChI is InChI=1S/C14H19NO4/c1-9(2)8-18-12-6-4-11(5-7-12)14(17)19-10(3)13(15)16/h4-7,9-10H,8H2,1-3H3,(H2,15,16). The van der Waals surface area contributed by atoms with E-state index in [2.05, 4.69) is 13.8 Å². The smallest absolute Gasteiger partial charge is 0.338 e. The largest absolute Gasteiger partial charge is 0.493 e. The molecular formula is C14H19NO4. The third-order valence-corrected chi connectivity index (χ3v) is 2.36. The number of amides is 1. The van der Waals surface area contributed by atoms with Gasteiger partial charge in [-0.3, -0.25) is 4.79 Å². The van der Waals surface area contributed by atoms with Crippen molar-refractivity contribution in [3.8, 4) is 5.75 Å². The third kappa shape index (κ3) is 4.99. The molecule has 1 atom stereocenters. The number of nitrogens with two attached hydrogens (primary N) is 1. The van der Waals surface area contributed by atoms with Crippen molar-refractivity contribution >= 4 is 11.9 Å². The number of hydrogen-bond acceptors (Lipinski definition) is 4. The molecule has 2 N–H and O–H groups in total. The molecule has 0 saturated carbocycles. The number of primary amides is 1. The molecule has 1 unspecified atom stereocenters. The van der Waals surface area contributed by atoms with Crippen LogP contribution in [0.5, 0.6) is 5.75 Å². The van der Waals surface area contributed by atoms with Crippen molar-refractivity contribution in [3.63, 3.8) is 0 Å². The molecule has 0 saturated heterocycles. The topological polar surface area (TPSA) is 78.6 Å². The van der Waals surface area contributed by atoms with E-state index >= 15 is 0 Å². The van der Waals surface area contributed by atoms with Gasteiger partial charge in [0.2, 0.25) is 0 Å². The second-order valence-corrected chi connectivity index (χ2v) is 4.68. The summed E-state index contributed by atoms with van der Waals surface area (Å²) in [5, 5.41) is 0. The summed E-state index contributed by atoms with van der Waals surface area (Å²) in [4.78, 5) is 22.5. The number of hydrogen-bond donors (Lipinski definition) is 1. The SMILES string of the molecule is CC(C)COc1ccc(C(=O)OC(C)C(N)=O)cc1. The molecule has 5 nitrogen and oxygen atoms in total. The van der Waals surface area contributed by atoms with Gasteiger partial charge in [0, 0.05) is 0 Å². The molecule has 0 heterocycles. The van der Waals surface area contributed by atoms with E-state index in [1.165, 1.54) is 6.92 Å². The van der Waals surface area contributed by atoms with Crippen molar-refractivity contribution in [2.45, 2.75) is 26.9 Å². The van der Waals surface area contributed by atoms with E-state index < -0.39 is 18.0 Å². The van der Waals surface area contributed by atoms with Gasteiger partial charge in [0.25, 0.3) is 5.91 Å². The van der Waals surface area contributed by atoms with Crippen molar-refractivity contribution in [2.75, 3.05) is 6.61 Å². The lowest BCUT2D eigenvalue weighted by atomic mass is 10.2. The molecule has 0 aliphatic heterocycles. The van der Waals surface area contributed by atoms with Crippen molar-refractivity contribution < 1.29 is 19.1 Å². The first kappa shape index (κ1) is 15.0. The van der Waals surface area contributed by atoms with Gasteiger partial charge >= 0.3 is 5.97 Å². The van der Waals surface area contributed by atoms with Gasteiger partial charge in [-0.25, -0.2) is 4.79 Å². The number of benzene rings is 1. The highest BCUT2D eigenvalue weighted by atomic mass is 16.5. The lowest BCUT2D eigenvalue weighted by Crippen LogP contribution is -2.30. The Morgan fingerprint density at radius 1 is 1.16 bits per heavy atom. The summed E-state index contributed by atoms with van der Waals surface area (Å²) in [5.74, 6) is -0.138. The summed E-state index contributed by atoms with van der Waals surface area (Å²) in [6, 6.07) is 6.55. The summed E-state index contributed by atoms with van der Waals surface area (Å²) < 4.78 is 10.4. The van der Waals surface area contributed by atoms with Crippen molar-refractivity contribution in [2.24, 2.45) is 11.7 Å². The minimum absolute atomic E-state index is 0.352. The van der Waals surface area contributed by atoms with E-state index in [1.54, 1.807) is 24.3 Å². The van der Waals surface area contributed by atoms with Crippen LogP contribution in [-0.4, -0.2) is 24.6 Å². The van der Waals surface area contributed by atoms with Crippen molar-refractivity contribution in [1.29, 1.82) is 0 Å². The summed E-state index contributed by atoms with van der Waals surface area (Å²) in [6.07, 6.45) is -0.940. The zero-order valence-corrected chi connectivity index (χ0v) is 11.4. The fourth-order valence-electron chi connectivity index (χ4n) is 1.24. The van der Waals surface area contributed by atoms with Gasteiger partial charge in [0.15, 0.2) is 6.10 Å². The van der Waals surface area contributed by atoms with Crippen LogP contribution < -0.4 is 10.5 Å². The Kier molecular flexibility index (Phi) is 5.36. The highest BCUT2D eigenvalue weighted by Gasteiger charge is 2.15. The molecular weight excluding hydrogens is 246 g/mol. The summed E-state index contributed by atoms with van der Waals surface area (Å²) in [7, 11) is 0. The number of carbonyl (C=O) groups excluding carboxylic acids is 2. The molecule has 1 aromatic carbocycles. The average molecular weight is 265 g/mol. The zero-order chi connectivity index (χ0) is 14.4. The zero-order valence-electron chi connectivity index (χ0n) is 11.4. The van der Waals surface area contributed by atoms with Gasteiger partial charge in [-0.2, -0.15) is 0 Å². The van der Waals surface area contributed by atoms with E-state index in [0.29, 0.717) is 23.8 Å². The molecule has 19 heavy (non-hydrogen) atoms. The minimum atomic E-state index is -0.940. The summed E-state index contributed by atoms with van der Waals surface area (Å²) in [6.45, 7) is 6.15. The molecule has 0 aliphatic carbocycles. The molecule has 1 rings (SSSR count). The lowest BCUT2D eigenvalue weighted by molar-refractivity contribution is -0.125. The number of carbonyl (C=O) groups is 2. The Hall–Kier alpha value is -2.04. The van der Waals surface area contributed by atoms with Crippen molar-refractivity contribution in [3.05, 3.63) is 29.8 Å². The van der Waals surface area contributed by atoms with Gasteiger partial charge in [-0.05, 0) is 37.1 Å². The van der Waals surface area contributed by atoms with Crippen LogP contribution in [0.2, 0.25) is 0 Å². The van der Waals surface area contributed by atoms with Crippen LogP contribution in [-0.2, 0) is 9.53 Å². The number of esters is 1. The molecule has 0 spiro atoms. The molecule has 0 radical (unpaired) electrons. The predicted octanol–water partition coefficient (Wildman–Crippen LogP) is 1.75. The average Bonchev–Trinajstić information content (AvgIpc) is 2.36. The minimum Gasteiger partial charge on any atom is -0.493 e. The van der Waals surface area contributed by atoms with Gasteiger partial charge in [-0.1, -0.05) is 13.8 Å².